The maximum Gasteiger partial charge on any atom is 0.216 e. The van der Waals surface area contributed by atoms with Gasteiger partial charge in [0.2, 0.25) is 4.77 Å². The van der Waals surface area contributed by atoms with Crippen LogP contribution in [0.2, 0.25) is 0 Å². The molecule has 7 heteroatoms. The largest absolute Gasteiger partial charge is 0.497 e. The summed E-state index contributed by atoms with van der Waals surface area (Å²) < 4.78 is 7.33. The van der Waals surface area contributed by atoms with E-state index in [0.717, 1.165) is 30.0 Å². The molecule has 0 radical (unpaired) electrons. The molecule has 0 unspecified atom stereocenters. The predicted molar refractivity (Wildman–Crippen MR) is 112 cm³/mol. The quantitative estimate of drug-likeness (QED) is 0.488. The van der Waals surface area contributed by atoms with Crippen molar-refractivity contribution in [1.82, 2.24) is 14.9 Å². The maximum absolute atomic E-state index is 5.33. The molecular weight excluding hydrogens is 358 g/mol. The van der Waals surface area contributed by atoms with Crippen LogP contribution < -0.4 is 9.64 Å². The van der Waals surface area contributed by atoms with E-state index in [1.54, 1.807) is 18.0 Å². The van der Waals surface area contributed by atoms with E-state index in [1.165, 1.54) is 5.69 Å². The Morgan fingerprint density at radius 2 is 1.93 bits per heavy atom. The zero-order valence-electron chi connectivity index (χ0n) is 15.7. The van der Waals surface area contributed by atoms with Crippen LogP contribution in [-0.4, -0.2) is 41.3 Å². The normalized spacial score (nSPS) is 11.1. The van der Waals surface area contributed by atoms with Gasteiger partial charge in [-0.05, 0) is 55.9 Å². The first-order chi connectivity index (χ1) is 13.2. The molecule has 0 fully saturated rings. The van der Waals surface area contributed by atoms with Crippen molar-refractivity contribution < 1.29 is 4.74 Å². The van der Waals surface area contributed by atoms with Crippen LogP contribution in [0.3, 0.4) is 0 Å². The van der Waals surface area contributed by atoms with E-state index in [9.17, 15) is 0 Å². The first-order valence-electron chi connectivity index (χ1n) is 8.87. The number of methoxy groups -OCH3 is 1. The average molecular weight is 382 g/mol. The van der Waals surface area contributed by atoms with Crippen LogP contribution in [0.25, 0.3) is 11.4 Å². The number of hydrogen-bond acceptors (Lipinski definition) is 5. The number of hydrogen-bond donors (Lipinski definition) is 1. The summed E-state index contributed by atoms with van der Waals surface area (Å²) >= 11 is 5.33. The average Bonchev–Trinajstić information content (AvgIpc) is 3.09. The monoisotopic (exact) mass is 381 g/mol. The van der Waals surface area contributed by atoms with Crippen molar-refractivity contribution >= 4 is 24.1 Å². The van der Waals surface area contributed by atoms with Crippen molar-refractivity contribution in [1.29, 1.82) is 0 Å². The molecule has 0 saturated carbocycles. The Labute approximate surface area is 164 Å². The zero-order valence-corrected chi connectivity index (χ0v) is 16.5. The highest BCUT2D eigenvalue weighted by Crippen LogP contribution is 2.22. The number of rotatable bonds is 7. The third kappa shape index (κ3) is 4.25. The smallest absolute Gasteiger partial charge is 0.216 e. The molecule has 1 heterocycles. The summed E-state index contributed by atoms with van der Waals surface area (Å²) in [5.74, 6) is 1.39. The summed E-state index contributed by atoms with van der Waals surface area (Å²) in [5.41, 5.74) is 3.07. The van der Waals surface area contributed by atoms with E-state index in [1.807, 2.05) is 36.4 Å². The number of nitrogens with zero attached hydrogens (tertiary/aromatic N) is 4. The summed E-state index contributed by atoms with van der Waals surface area (Å²) in [6, 6.07) is 15.9. The molecule has 3 aromatic rings. The molecule has 0 saturated heterocycles. The number of H-pyrrole nitrogens is 1. The fourth-order valence-corrected chi connectivity index (χ4v) is 3.01. The van der Waals surface area contributed by atoms with Crippen molar-refractivity contribution in [3.63, 3.8) is 0 Å². The Balaban J connectivity index is 1.88. The van der Waals surface area contributed by atoms with Gasteiger partial charge in [-0.3, -0.25) is 0 Å². The van der Waals surface area contributed by atoms with E-state index in [-0.39, 0.29) is 0 Å². The number of ether oxygens (including phenoxy) is 1. The lowest BCUT2D eigenvalue weighted by atomic mass is 10.2. The summed E-state index contributed by atoms with van der Waals surface area (Å²) in [7, 11) is 1.64. The summed E-state index contributed by atoms with van der Waals surface area (Å²) in [5, 5.41) is 11.6. The Morgan fingerprint density at radius 3 is 2.59 bits per heavy atom. The summed E-state index contributed by atoms with van der Waals surface area (Å²) in [6.45, 7) is 6.27. The molecule has 27 heavy (non-hydrogen) atoms. The molecule has 0 aliphatic rings. The van der Waals surface area contributed by atoms with Crippen LogP contribution in [0.15, 0.2) is 53.6 Å². The zero-order chi connectivity index (χ0) is 19.2. The minimum Gasteiger partial charge on any atom is -0.497 e. The predicted octanol–water partition coefficient (Wildman–Crippen LogP) is 4.34. The number of aromatic nitrogens is 3. The highest BCUT2D eigenvalue weighted by atomic mass is 32.1. The number of anilines is 1. The lowest BCUT2D eigenvalue weighted by Gasteiger charge is -2.20. The van der Waals surface area contributed by atoms with Crippen LogP contribution in [0.5, 0.6) is 5.75 Å². The van der Waals surface area contributed by atoms with Crippen LogP contribution in [0, 0.1) is 4.77 Å². The summed E-state index contributed by atoms with van der Waals surface area (Å²) in [6.07, 6.45) is 1.78. The van der Waals surface area contributed by atoms with E-state index >= 15 is 0 Å². The van der Waals surface area contributed by atoms with Gasteiger partial charge in [-0.15, -0.1) is 0 Å². The second-order valence-corrected chi connectivity index (χ2v) is 6.29. The van der Waals surface area contributed by atoms with Crippen LogP contribution in [-0.2, 0) is 0 Å². The molecule has 1 N–H and O–H groups in total. The van der Waals surface area contributed by atoms with Gasteiger partial charge >= 0.3 is 0 Å². The fourth-order valence-electron chi connectivity index (χ4n) is 2.83. The maximum atomic E-state index is 5.33. The molecule has 0 spiro atoms. The van der Waals surface area contributed by atoms with Gasteiger partial charge in [-0.1, -0.05) is 24.3 Å². The van der Waals surface area contributed by atoms with Gasteiger partial charge in [0.15, 0.2) is 5.82 Å². The van der Waals surface area contributed by atoms with Gasteiger partial charge in [0.1, 0.15) is 5.75 Å². The minimum atomic E-state index is 0.434. The van der Waals surface area contributed by atoms with Gasteiger partial charge in [0, 0.05) is 24.3 Å². The highest BCUT2D eigenvalue weighted by molar-refractivity contribution is 7.71. The number of nitrogens with one attached hydrogen (secondary N) is 1. The second-order valence-electron chi connectivity index (χ2n) is 5.90. The lowest BCUT2D eigenvalue weighted by molar-refractivity contribution is 0.415. The Hall–Kier alpha value is -2.93. The van der Waals surface area contributed by atoms with Crippen molar-refractivity contribution in [3.8, 4) is 17.1 Å². The standard InChI is InChI=1S/C20H23N5OS/c1-4-24(5-2)17-11-9-15(10-12-17)14-21-25-19(22-23-20(25)27)16-7-6-8-18(13-16)26-3/h6-14H,4-5H2,1-3H3,(H,23,27)/b21-14+. The van der Waals surface area contributed by atoms with Gasteiger partial charge in [0.05, 0.1) is 13.3 Å². The van der Waals surface area contributed by atoms with Crippen LogP contribution >= 0.6 is 12.2 Å². The van der Waals surface area contributed by atoms with Crippen molar-refractivity contribution in [3.05, 3.63) is 58.9 Å². The Bertz CT molecular complexity index is 971. The van der Waals surface area contributed by atoms with Crippen LogP contribution in [0.1, 0.15) is 19.4 Å². The van der Waals surface area contributed by atoms with E-state index in [4.69, 9.17) is 17.0 Å². The van der Waals surface area contributed by atoms with Crippen molar-refractivity contribution in [2.45, 2.75) is 13.8 Å². The van der Waals surface area contributed by atoms with Gasteiger partial charge in [0.25, 0.3) is 0 Å². The topological polar surface area (TPSA) is 58.4 Å². The molecule has 6 nitrogen and oxygen atoms in total. The Morgan fingerprint density at radius 1 is 1.19 bits per heavy atom. The summed E-state index contributed by atoms with van der Waals surface area (Å²) in [4.78, 5) is 2.30. The SMILES string of the molecule is CCN(CC)c1ccc(/C=N/n2c(-c3cccc(OC)c3)n[nH]c2=S)cc1. The van der Waals surface area contributed by atoms with Gasteiger partial charge in [-0.2, -0.15) is 14.9 Å². The Kier molecular flexibility index (Phi) is 6.03. The molecule has 2 aromatic carbocycles. The van der Waals surface area contributed by atoms with Gasteiger partial charge in [-0.25, -0.2) is 5.10 Å². The van der Waals surface area contributed by atoms with E-state index in [0.29, 0.717) is 10.6 Å². The molecule has 0 aliphatic carbocycles. The number of benzene rings is 2. The molecule has 0 aliphatic heterocycles. The first-order valence-corrected chi connectivity index (χ1v) is 9.28. The molecular formula is C20H23N5OS. The number of aromatic amines is 1. The molecule has 140 valence electrons. The molecule has 1 aromatic heterocycles. The third-order valence-corrected chi connectivity index (χ3v) is 4.59. The second kappa shape index (κ2) is 8.64. The van der Waals surface area contributed by atoms with E-state index in [2.05, 4.69) is 46.2 Å². The minimum absolute atomic E-state index is 0.434. The third-order valence-electron chi connectivity index (χ3n) is 4.32. The highest BCUT2D eigenvalue weighted by Gasteiger charge is 2.09. The molecule has 0 amide bonds. The van der Waals surface area contributed by atoms with Crippen molar-refractivity contribution in [2.75, 3.05) is 25.1 Å². The van der Waals surface area contributed by atoms with Crippen LogP contribution in [0.4, 0.5) is 5.69 Å². The molecule has 0 bridgehead atoms. The molecule has 0 atom stereocenters. The van der Waals surface area contributed by atoms with E-state index < -0.39 is 0 Å². The first kappa shape index (κ1) is 18.8. The van der Waals surface area contributed by atoms with Crippen molar-refractivity contribution in [2.24, 2.45) is 5.10 Å². The lowest BCUT2D eigenvalue weighted by Crippen LogP contribution is -2.21. The molecule has 3 rings (SSSR count). The fraction of sp³-hybridized carbons (Fsp3) is 0.250. The van der Waals surface area contributed by atoms with Gasteiger partial charge < -0.3 is 9.64 Å².